The van der Waals surface area contributed by atoms with Gasteiger partial charge in [0.2, 0.25) is 0 Å². The number of H-pyrrole nitrogens is 1. The number of carbonyl (C=O) groups is 2. The zero-order chi connectivity index (χ0) is 16.7. The number of aromatic nitrogens is 2. The summed E-state index contributed by atoms with van der Waals surface area (Å²) in [5.41, 5.74) is 1.79. The number of nitrogens with one attached hydrogen (secondary N) is 2. The number of carbonyl (C=O) groups excluding carboxylic acids is 1. The first-order valence-corrected chi connectivity index (χ1v) is 6.87. The van der Waals surface area contributed by atoms with Gasteiger partial charge in [0.1, 0.15) is 12.4 Å². The molecule has 8 heteroatoms. The number of hydrogen-bond donors (Lipinski definition) is 3. The van der Waals surface area contributed by atoms with Gasteiger partial charge in [-0.15, -0.1) is 0 Å². The Balaban J connectivity index is 1.96. The minimum absolute atomic E-state index is 0.119. The number of ether oxygens (including phenoxy) is 2. The third-order valence-corrected chi connectivity index (χ3v) is 3.02. The fourth-order valence-corrected chi connectivity index (χ4v) is 1.93. The number of aliphatic carboxylic acids is 1. The Morgan fingerprint density at radius 2 is 2.04 bits per heavy atom. The van der Waals surface area contributed by atoms with Crippen molar-refractivity contribution < 1.29 is 24.2 Å². The second-order valence-electron chi connectivity index (χ2n) is 4.59. The average molecular weight is 319 g/mol. The lowest BCUT2D eigenvalue weighted by molar-refractivity contribution is -0.142. The molecule has 2 aromatic rings. The summed E-state index contributed by atoms with van der Waals surface area (Å²) < 4.78 is 9.95. The third kappa shape index (κ3) is 4.55. The largest absolute Gasteiger partial charge is 0.497 e. The van der Waals surface area contributed by atoms with Crippen LogP contribution in [0.25, 0.3) is 11.3 Å². The molecule has 3 N–H and O–H groups in total. The number of methoxy groups -OCH3 is 1. The van der Waals surface area contributed by atoms with E-state index < -0.39 is 12.6 Å². The van der Waals surface area contributed by atoms with Gasteiger partial charge in [0.05, 0.1) is 31.2 Å². The van der Waals surface area contributed by atoms with Gasteiger partial charge >= 0.3 is 5.97 Å². The molecule has 0 radical (unpaired) electrons. The van der Waals surface area contributed by atoms with Crippen LogP contribution in [0.15, 0.2) is 30.5 Å². The summed E-state index contributed by atoms with van der Waals surface area (Å²) in [6, 6.07) is 7.22. The molecule has 1 aromatic carbocycles. The average Bonchev–Trinajstić information content (AvgIpc) is 3.04. The molecule has 0 aliphatic carbocycles. The normalized spacial score (nSPS) is 10.3. The number of aromatic amines is 1. The van der Waals surface area contributed by atoms with Crippen LogP contribution in [-0.4, -0.2) is 54.0 Å². The molecule has 0 aliphatic heterocycles. The van der Waals surface area contributed by atoms with E-state index in [9.17, 15) is 9.59 Å². The summed E-state index contributed by atoms with van der Waals surface area (Å²) in [5, 5.41) is 17.8. The molecule has 0 bridgehead atoms. The molecule has 0 unspecified atom stereocenters. The van der Waals surface area contributed by atoms with Crippen LogP contribution < -0.4 is 10.1 Å². The Hall–Kier alpha value is -2.87. The summed E-state index contributed by atoms with van der Waals surface area (Å²) in [5.74, 6) is -0.647. The van der Waals surface area contributed by atoms with Gasteiger partial charge in [-0.25, -0.2) is 4.79 Å². The second kappa shape index (κ2) is 7.95. The zero-order valence-corrected chi connectivity index (χ0v) is 12.5. The highest BCUT2D eigenvalue weighted by Gasteiger charge is 2.15. The highest BCUT2D eigenvalue weighted by atomic mass is 16.5. The van der Waals surface area contributed by atoms with E-state index in [0.717, 1.165) is 11.3 Å². The van der Waals surface area contributed by atoms with Crippen molar-refractivity contribution in [3.8, 4) is 17.0 Å². The van der Waals surface area contributed by atoms with Crippen molar-refractivity contribution in [1.29, 1.82) is 0 Å². The number of amides is 1. The van der Waals surface area contributed by atoms with Crippen LogP contribution in [-0.2, 0) is 9.53 Å². The van der Waals surface area contributed by atoms with Gasteiger partial charge < -0.3 is 19.9 Å². The molecule has 1 heterocycles. The van der Waals surface area contributed by atoms with Gasteiger partial charge in [0.25, 0.3) is 5.91 Å². The van der Waals surface area contributed by atoms with E-state index in [1.165, 1.54) is 6.20 Å². The predicted molar refractivity (Wildman–Crippen MR) is 81.4 cm³/mol. The smallest absolute Gasteiger partial charge is 0.329 e. The van der Waals surface area contributed by atoms with Gasteiger partial charge in [-0.2, -0.15) is 5.10 Å². The number of benzene rings is 1. The maximum atomic E-state index is 12.2. The van der Waals surface area contributed by atoms with E-state index in [0.29, 0.717) is 11.3 Å². The van der Waals surface area contributed by atoms with Crippen LogP contribution in [0.5, 0.6) is 5.75 Å². The minimum atomic E-state index is -1.05. The summed E-state index contributed by atoms with van der Waals surface area (Å²) >= 11 is 0. The Morgan fingerprint density at radius 3 is 2.70 bits per heavy atom. The zero-order valence-electron chi connectivity index (χ0n) is 12.5. The summed E-state index contributed by atoms with van der Waals surface area (Å²) in [7, 11) is 1.58. The van der Waals surface area contributed by atoms with Crippen molar-refractivity contribution in [2.75, 3.05) is 26.9 Å². The maximum Gasteiger partial charge on any atom is 0.329 e. The molecule has 0 aliphatic rings. The molecule has 0 saturated heterocycles. The van der Waals surface area contributed by atoms with E-state index in [1.54, 1.807) is 19.2 Å². The Bertz CT molecular complexity index is 666. The summed E-state index contributed by atoms with van der Waals surface area (Å²) in [6.07, 6.45) is 1.44. The van der Waals surface area contributed by atoms with E-state index in [2.05, 4.69) is 15.5 Å². The van der Waals surface area contributed by atoms with Crippen LogP contribution in [0, 0.1) is 0 Å². The highest BCUT2D eigenvalue weighted by Crippen LogP contribution is 2.23. The monoisotopic (exact) mass is 319 g/mol. The molecule has 1 amide bonds. The van der Waals surface area contributed by atoms with E-state index in [1.807, 2.05) is 12.1 Å². The lowest BCUT2D eigenvalue weighted by Gasteiger charge is -2.06. The van der Waals surface area contributed by atoms with Crippen molar-refractivity contribution in [2.45, 2.75) is 0 Å². The quantitative estimate of drug-likeness (QED) is 0.623. The van der Waals surface area contributed by atoms with Crippen molar-refractivity contribution in [3.05, 3.63) is 36.0 Å². The number of rotatable bonds is 8. The number of nitrogens with zero attached hydrogens (tertiary/aromatic N) is 1. The van der Waals surface area contributed by atoms with Crippen molar-refractivity contribution in [3.63, 3.8) is 0 Å². The van der Waals surface area contributed by atoms with E-state index in [4.69, 9.17) is 14.6 Å². The van der Waals surface area contributed by atoms with E-state index in [-0.39, 0.29) is 19.1 Å². The Labute approximate surface area is 132 Å². The molecule has 23 heavy (non-hydrogen) atoms. The maximum absolute atomic E-state index is 12.2. The molecule has 0 fully saturated rings. The first-order chi connectivity index (χ1) is 11.1. The predicted octanol–water partition coefficient (Wildman–Crippen LogP) is 0.916. The number of hydrogen-bond acceptors (Lipinski definition) is 5. The van der Waals surface area contributed by atoms with Gasteiger partial charge in [-0.3, -0.25) is 9.89 Å². The lowest BCUT2D eigenvalue weighted by Crippen LogP contribution is -2.28. The SMILES string of the molecule is COc1ccc(-c2[nH]ncc2C(=O)NCCOCC(=O)O)cc1. The first-order valence-electron chi connectivity index (χ1n) is 6.87. The topological polar surface area (TPSA) is 114 Å². The highest BCUT2D eigenvalue weighted by molar-refractivity contribution is 5.99. The first kappa shape index (κ1) is 16.5. The second-order valence-corrected chi connectivity index (χ2v) is 4.59. The van der Waals surface area contributed by atoms with Crippen LogP contribution >= 0.6 is 0 Å². The minimum Gasteiger partial charge on any atom is -0.497 e. The van der Waals surface area contributed by atoms with Crippen LogP contribution in [0.2, 0.25) is 0 Å². The van der Waals surface area contributed by atoms with Crippen LogP contribution in [0.1, 0.15) is 10.4 Å². The molecular weight excluding hydrogens is 302 g/mol. The molecular formula is C15H17N3O5. The molecule has 122 valence electrons. The summed E-state index contributed by atoms with van der Waals surface area (Å²) in [6.45, 7) is -0.0637. The van der Waals surface area contributed by atoms with Gasteiger partial charge in [-0.05, 0) is 24.3 Å². The molecule has 1 aromatic heterocycles. The van der Waals surface area contributed by atoms with E-state index >= 15 is 0 Å². The Kier molecular flexibility index (Phi) is 5.70. The van der Waals surface area contributed by atoms with Crippen molar-refractivity contribution in [1.82, 2.24) is 15.5 Å². The molecule has 0 atom stereocenters. The molecule has 0 saturated carbocycles. The van der Waals surface area contributed by atoms with Gasteiger partial charge in [0.15, 0.2) is 0 Å². The van der Waals surface area contributed by atoms with Gasteiger partial charge in [-0.1, -0.05) is 0 Å². The fraction of sp³-hybridized carbons (Fsp3) is 0.267. The lowest BCUT2D eigenvalue weighted by atomic mass is 10.1. The van der Waals surface area contributed by atoms with Crippen molar-refractivity contribution >= 4 is 11.9 Å². The number of carboxylic acid groups (broad SMARTS) is 1. The van der Waals surface area contributed by atoms with Gasteiger partial charge in [0, 0.05) is 12.1 Å². The summed E-state index contributed by atoms with van der Waals surface area (Å²) in [4.78, 5) is 22.4. The third-order valence-electron chi connectivity index (χ3n) is 3.02. The van der Waals surface area contributed by atoms with Crippen LogP contribution in [0.4, 0.5) is 0 Å². The molecule has 8 nitrogen and oxygen atoms in total. The standard InChI is InChI=1S/C15H17N3O5/c1-22-11-4-2-10(3-5-11)14-12(8-17-18-14)15(21)16-6-7-23-9-13(19)20/h2-5,8H,6-7,9H2,1H3,(H,16,21)(H,17,18)(H,19,20). The van der Waals surface area contributed by atoms with Crippen LogP contribution in [0.3, 0.4) is 0 Å². The molecule has 2 rings (SSSR count). The van der Waals surface area contributed by atoms with Crippen molar-refractivity contribution in [2.24, 2.45) is 0 Å². The Morgan fingerprint density at radius 1 is 1.30 bits per heavy atom. The number of carboxylic acids is 1. The molecule has 0 spiro atoms. The fourth-order valence-electron chi connectivity index (χ4n) is 1.93.